The van der Waals surface area contributed by atoms with Gasteiger partial charge in [-0.3, -0.25) is 9.11 Å². The maximum atomic E-state index is 11.0. The van der Waals surface area contributed by atoms with Crippen LogP contribution in [0.5, 0.6) is 0 Å². The molecule has 1 rings (SSSR count). The third-order valence-corrected chi connectivity index (χ3v) is 3.84. The smallest absolute Gasteiger partial charge is 0.279 e. The minimum atomic E-state index is -4.57. The number of nitrogens with zero attached hydrogens (tertiary/aromatic N) is 2. The van der Waals surface area contributed by atoms with Crippen LogP contribution in [0.3, 0.4) is 0 Å². The lowest BCUT2D eigenvalue weighted by molar-refractivity contribution is -0.731. The molecule has 10 heteroatoms. The van der Waals surface area contributed by atoms with Gasteiger partial charge in [0.2, 0.25) is 0 Å². The average Bonchev–Trinajstić information content (AvgIpc) is 2.40. The highest BCUT2D eigenvalue weighted by Gasteiger charge is 2.35. The van der Waals surface area contributed by atoms with Crippen LogP contribution >= 0.6 is 0 Å². The van der Waals surface area contributed by atoms with E-state index in [1.54, 1.807) is 6.92 Å². The lowest BCUT2D eigenvalue weighted by Gasteiger charge is -1.95. The molecular formula is C6H11N2O6S2+. The summed E-state index contributed by atoms with van der Waals surface area (Å²) < 4.78 is 63.3. The van der Waals surface area contributed by atoms with Crippen molar-refractivity contribution < 1.29 is 30.5 Å². The first kappa shape index (κ1) is 13.1. The normalized spacial score (nSPS) is 13.0. The topological polar surface area (TPSA) is 118 Å². The number of aryl methyl sites for hydroxylation is 1. The Morgan fingerprint density at radius 1 is 1.25 bits per heavy atom. The summed E-state index contributed by atoms with van der Waals surface area (Å²) >= 11 is 0. The van der Waals surface area contributed by atoms with E-state index >= 15 is 0 Å². The Labute approximate surface area is 92.6 Å². The lowest BCUT2D eigenvalue weighted by Crippen LogP contribution is -2.37. The Kier molecular flexibility index (Phi) is 3.11. The summed E-state index contributed by atoms with van der Waals surface area (Å²) in [5, 5.41) is -1.22. The second-order valence-electron chi connectivity index (χ2n) is 3.05. The highest BCUT2D eigenvalue weighted by molar-refractivity contribution is 7.86. The minimum Gasteiger partial charge on any atom is -0.279 e. The molecule has 8 nitrogen and oxygen atoms in total. The first-order valence-corrected chi connectivity index (χ1v) is 7.01. The van der Waals surface area contributed by atoms with Gasteiger partial charge in [-0.25, -0.2) is 9.13 Å². The van der Waals surface area contributed by atoms with Crippen molar-refractivity contribution in [3.63, 3.8) is 0 Å². The van der Waals surface area contributed by atoms with E-state index in [0.717, 1.165) is 17.8 Å². The van der Waals surface area contributed by atoms with Crippen LogP contribution in [0, 0.1) is 0 Å². The van der Waals surface area contributed by atoms with E-state index in [4.69, 9.17) is 9.11 Å². The number of aromatic nitrogens is 2. The van der Waals surface area contributed by atoms with Gasteiger partial charge in [0.15, 0.2) is 6.20 Å². The van der Waals surface area contributed by atoms with E-state index in [-0.39, 0.29) is 6.54 Å². The van der Waals surface area contributed by atoms with Crippen LogP contribution in [0.1, 0.15) is 6.92 Å². The molecule has 0 saturated carbocycles. The van der Waals surface area contributed by atoms with Crippen LogP contribution in [0.15, 0.2) is 16.4 Å². The Hall–Kier alpha value is -0.970. The van der Waals surface area contributed by atoms with Gasteiger partial charge in [0.1, 0.15) is 0 Å². The number of rotatable bonds is 3. The molecule has 0 atom stereocenters. The van der Waals surface area contributed by atoms with Gasteiger partial charge in [0, 0.05) is 0 Å². The second-order valence-corrected chi connectivity index (χ2v) is 5.73. The van der Waals surface area contributed by atoms with Crippen LogP contribution in [-0.2, 0) is 33.8 Å². The quantitative estimate of drug-likeness (QED) is 0.528. The zero-order chi connectivity index (χ0) is 12.7. The molecule has 0 radical (unpaired) electrons. The van der Waals surface area contributed by atoms with Crippen LogP contribution in [0.2, 0.25) is 0 Å². The van der Waals surface area contributed by atoms with E-state index in [0.29, 0.717) is 4.57 Å². The first-order valence-electron chi connectivity index (χ1n) is 4.13. The zero-order valence-corrected chi connectivity index (χ0v) is 10.2. The predicted octanol–water partition coefficient (Wildman–Crippen LogP) is -1.17. The van der Waals surface area contributed by atoms with Crippen LogP contribution < -0.4 is 4.57 Å². The number of hydrogen-bond donors (Lipinski definition) is 2. The highest BCUT2D eigenvalue weighted by atomic mass is 32.2. The Morgan fingerprint density at radius 3 is 2.00 bits per heavy atom. The molecule has 0 amide bonds. The molecule has 2 N–H and O–H groups in total. The van der Waals surface area contributed by atoms with Gasteiger partial charge in [-0.15, -0.1) is 0 Å². The predicted molar refractivity (Wildman–Crippen MR) is 50.9 cm³/mol. The van der Waals surface area contributed by atoms with E-state index in [1.807, 2.05) is 0 Å². The maximum absolute atomic E-state index is 11.0. The van der Waals surface area contributed by atoms with Crippen LogP contribution in [0.4, 0.5) is 0 Å². The average molecular weight is 271 g/mol. The molecule has 0 aliphatic heterocycles. The van der Waals surface area contributed by atoms with Crippen molar-refractivity contribution >= 4 is 20.2 Å². The Bertz CT molecular complexity index is 612. The summed E-state index contributed by atoms with van der Waals surface area (Å²) in [6.07, 6.45) is 0.929. The van der Waals surface area contributed by atoms with Gasteiger partial charge >= 0.3 is 25.4 Å². The summed E-state index contributed by atoms with van der Waals surface area (Å²) in [6.45, 7) is 1.68. The maximum Gasteiger partial charge on any atom is 0.403 e. The molecule has 0 aliphatic carbocycles. The van der Waals surface area contributed by atoms with Gasteiger partial charge in [-0.05, 0) is 6.92 Å². The zero-order valence-electron chi connectivity index (χ0n) is 8.52. The fourth-order valence-electron chi connectivity index (χ4n) is 1.35. The van der Waals surface area contributed by atoms with Gasteiger partial charge in [0.05, 0.1) is 13.6 Å². The molecule has 0 spiro atoms. The van der Waals surface area contributed by atoms with Gasteiger partial charge in [0.25, 0.3) is 5.03 Å². The Balaban J connectivity index is 3.72. The summed E-state index contributed by atoms with van der Waals surface area (Å²) in [5.74, 6) is 0. The molecule has 0 fully saturated rings. The largest absolute Gasteiger partial charge is 0.403 e. The Morgan fingerprint density at radius 2 is 1.75 bits per heavy atom. The molecule has 1 aromatic rings. The summed E-state index contributed by atoms with van der Waals surface area (Å²) in [7, 11) is -7.99. The van der Waals surface area contributed by atoms with Crippen molar-refractivity contribution in [1.29, 1.82) is 0 Å². The third kappa shape index (κ3) is 2.24. The second kappa shape index (κ2) is 3.80. The molecule has 0 unspecified atom stereocenters. The highest BCUT2D eigenvalue weighted by Crippen LogP contribution is 2.12. The van der Waals surface area contributed by atoms with Crippen LogP contribution in [0.25, 0.3) is 0 Å². The molecule has 92 valence electrons. The molecule has 1 aromatic heterocycles. The molecule has 0 aromatic carbocycles. The molecule has 0 aliphatic rings. The number of imidazole rings is 1. The van der Waals surface area contributed by atoms with Crippen molar-refractivity contribution in [2.45, 2.75) is 23.7 Å². The summed E-state index contributed by atoms with van der Waals surface area (Å²) in [6, 6.07) is 0. The van der Waals surface area contributed by atoms with E-state index in [2.05, 4.69) is 0 Å². The molecule has 0 saturated heterocycles. The summed E-state index contributed by atoms with van der Waals surface area (Å²) in [4.78, 5) is 0. The van der Waals surface area contributed by atoms with Gasteiger partial charge in [-0.1, -0.05) is 0 Å². The van der Waals surface area contributed by atoms with Gasteiger partial charge < -0.3 is 0 Å². The van der Waals surface area contributed by atoms with Crippen molar-refractivity contribution in [2.75, 3.05) is 0 Å². The van der Waals surface area contributed by atoms with Gasteiger partial charge in [-0.2, -0.15) is 16.8 Å². The minimum absolute atomic E-state index is 0.123. The SMILES string of the molecule is CC[n+]1cc(S(=O)(=O)O)n(C)c1S(=O)(=O)O. The van der Waals surface area contributed by atoms with Crippen molar-refractivity contribution in [1.82, 2.24) is 4.57 Å². The van der Waals surface area contributed by atoms with Crippen molar-refractivity contribution in [3.8, 4) is 0 Å². The molecule has 1 heterocycles. The van der Waals surface area contributed by atoms with E-state index < -0.39 is 30.4 Å². The molecule has 16 heavy (non-hydrogen) atoms. The number of hydrogen-bond acceptors (Lipinski definition) is 4. The third-order valence-electron chi connectivity index (χ3n) is 1.97. The first-order chi connectivity index (χ1) is 7.09. The van der Waals surface area contributed by atoms with Crippen molar-refractivity contribution in [2.24, 2.45) is 7.05 Å². The van der Waals surface area contributed by atoms with E-state index in [1.165, 1.54) is 0 Å². The standard InChI is InChI=1S/C6H10N2O6S2/c1-3-8-4-5(15(9,10)11)7(2)6(8)16(12,13)14/h4H,3H2,1-2H3,(H-,9,10,11,12,13,14)/p+1. The molecular weight excluding hydrogens is 260 g/mol. The molecule has 0 bridgehead atoms. The fraction of sp³-hybridized carbons (Fsp3) is 0.500. The monoisotopic (exact) mass is 271 g/mol. The lowest BCUT2D eigenvalue weighted by atomic mass is 10.7. The van der Waals surface area contributed by atoms with E-state index in [9.17, 15) is 16.8 Å². The van der Waals surface area contributed by atoms with Crippen LogP contribution in [-0.4, -0.2) is 30.5 Å². The summed E-state index contributed by atoms with van der Waals surface area (Å²) in [5.41, 5.74) is 0. The fourth-order valence-corrected chi connectivity index (χ4v) is 3.02. The van der Waals surface area contributed by atoms with Crippen molar-refractivity contribution in [3.05, 3.63) is 6.20 Å².